The molecule has 9 aromatic rings. The number of pyridine rings is 2. The lowest BCUT2D eigenvalue weighted by Crippen LogP contribution is -2.17. The number of anilines is 3. The minimum Gasteiger partial charge on any atom is -0.457 e. The van der Waals surface area contributed by atoms with Gasteiger partial charge in [0.05, 0.1) is 27.8 Å². The lowest BCUT2D eigenvalue weighted by atomic mass is 10.0. The van der Waals surface area contributed by atoms with Gasteiger partial charge in [-0.15, -0.1) is 0 Å². The minimum absolute atomic E-state index is 0.647. The predicted octanol–water partition coefficient (Wildman–Crippen LogP) is 12.6. The van der Waals surface area contributed by atoms with Crippen LogP contribution < -0.4 is 14.4 Å². The molecule has 0 saturated heterocycles. The number of nitrogens with zero attached hydrogens (tertiary/aromatic N) is 4. The van der Waals surface area contributed by atoms with E-state index in [1.54, 1.807) is 0 Å². The van der Waals surface area contributed by atoms with Gasteiger partial charge in [-0.2, -0.15) is 0 Å². The normalized spacial score (nSPS) is 12.3. The van der Waals surface area contributed by atoms with Gasteiger partial charge in [0.1, 0.15) is 28.6 Å². The molecule has 0 radical (unpaired) electrons. The second-order valence-electron chi connectivity index (χ2n) is 13.7. The van der Waals surface area contributed by atoms with Crippen molar-refractivity contribution >= 4 is 50.0 Å². The summed E-state index contributed by atoms with van der Waals surface area (Å²) in [6.07, 6.45) is 3.77. The molecule has 0 aliphatic carbocycles. The van der Waals surface area contributed by atoms with Gasteiger partial charge in [0.2, 0.25) is 5.88 Å². The fourth-order valence-electron chi connectivity index (χ4n) is 7.60. The maximum atomic E-state index is 6.81. The van der Waals surface area contributed by atoms with Crippen molar-refractivity contribution in [2.75, 3.05) is 4.90 Å². The molecule has 53 heavy (non-hydrogen) atoms. The van der Waals surface area contributed by atoms with E-state index >= 15 is 0 Å². The lowest BCUT2D eigenvalue weighted by Gasteiger charge is -2.32. The topological polar surface area (TPSA) is 65.5 Å². The van der Waals surface area contributed by atoms with Gasteiger partial charge in [-0.05, 0) is 105 Å². The number of hydrogen-bond acceptors (Lipinski definition) is 6. The summed E-state index contributed by atoms with van der Waals surface area (Å²) in [5, 5.41) is 3.21. The molecule has 256 valence electrons. The van der Waals surface area contributed by atoms with E-state index in [0.717, 1.165) is 72.6 Å². The smallest absolute Gasteiger partial charge is 0.249 e. The highest BCUT2D eigenvalue weighted by molar-refractivity contribution is 6.09. The Morgan fingerprint density at radius 2 is 1.34 bits per heavy atom. The third-order valence-corrected chi connectivity index (χ3v) is 10.3. The maximum Gasteiger partial charge on any atom is 0.249 e. The summed E-state index contributed by atoms with van der Waals surface area (Å²) in [4.78, 5) is 11.9. The first-order chi connectivity index (χ1) is 25.9. The third kappa shape index (κ3) is 4.88. The number of aromatic nitrogens is 3. The van der Waals surface area contributed by atoms with Gasteiger partial charge in [0.25, 0.3) is 0 Å². The van der Waals surface area contributed by atoms with Crippen LogP contribution in [0.4, 0.5) is 17.3 Å². The number of rotatable bonds is 5. The first-order valence-electron chi connectivity index (χ1n) is 17.7. The Bertz CT molecular complexity index is 2900. The number of fused-ring (bicyclic) bond motifs is 7. The Kier molecular flexibility index (Phi) is 6.92. The molecule has 0 saturated carbocycles. The van der Waals surface area contributed by atoms with Gasteiger partial charge < -0.3 is 13.9 Å². The fraction of sp³-hybridized carbons (Fsp3) is 0.0870. The molecule has 0 spiro atoms. The van der Waals surface area contributed by atoms with Crippen molar-refractivity contribution < 1.29 is 13.9 Å². The third-order valence-electron chi connectivity index (χ3n) is 10.3. The van der Waals surface area contributed by atoms with Gasteiger partial charge in [-0.25, -0.2) is 4.98 Å². The highest BCUT2D eigenvalue weighted by atomic mass is 16.5. The predicted molar refractivity (Wildman–Crippen MR) is 212 cm³/mol. The van der Waals surface area contributed by atoms with Crippen molar-refractivity contribution in [1.82, 2.24) is 14.5 Å². The number of ether oxygens (including phenoxy) is 2. The molecule has 0 N–H and O–H groups in total. The van der Waals surface area contributed by atoms with Gasteiger partial charge in [0, 0.05) is 34.8 Å². The molecule has 7 nitrogen and oxygen atoms in total. The average molecular weight is 691 g/mol. The minimum atomic E-state index is 0.647. The molecule has 4 aromatic heterocycles. The van der Waals surface area contributed by atoms with E-state index in [-0.39, 0.29) is 0 Å². The molecule has 10 rings (SSSR count). The van der Waals surface area contributed by atoms with Crippen LogP contribution in [-0.4, -0.2) is 14.5 Å². The fourth-order valence-corrected chi connectivity index (χ4v) is 7.60. The zero-order valence-electron chi connectivity index (χ0n) is 29.7. The van der Waals surface area contributed by atoms with Gasteiger partial charge in [-0.1, -0.05) is 60.7 Å². The van der Waals surface area contributed by atoms with E-state index in [1.165, 1.54) is 10.9 Å². The quantitative estimate of drug-likeness (QED) is 0.179. The highest BCUT2D eigenvalue weighted by Crippen LogP contribution is 2.57. The molecule has 5 heterocycles. The molecule has 7 heteroatoms. The number of hydrogen-bond donors (Lipinski definition) is 0. The van der Waals surface area contributed by atoms with Gasteiger partial charge >= 0.3 is 0 Å². The summed E-state index contributed by atoms with van der Waals surface area (Å²) in [5.74, 6) is 4.25. The zero-order chi connectivity index (χ0) is 35.8. The van der Waals surface area contributed by atoms with Crippen LogP contribution in [0.3, 0.4) is 0 Å². The summed E-state index contributed by atoms with van der Waals surface area (Å²) in [5.41, 5.74) is 11.0. The molecule has 0 atom stereocenters. The van der Waals surface area contributed by atoms with Gasteiger partial charge in [-0.3, -0.25) is 14.5 Å². The lowest BCUT2D eigenvalue weighted by molar-refractivity contribution is 0.463. The van der Waals surface area contributed by atoms with Crippen LogP contribution in [0, 0.1) is 27.7 Å². The van der Waals surface area contributed by atoms with Crippen molar-refractivity contribution in [2.24, 2.45) is 0 Å². The van der Waals surface area contributed by atoms with Crippen LogP contribution in [0.15, 0.2) is 138 Å². The Morgan fingerprint density at radius 1 is 0.585 bits per heavy atom. The summed E-state index contributed by atoms with van der Waals surface area (Å²) < 4.78 is 22.1. The van der Waals surface area contributed by atoms with Crippen molar-refractivity contribution in [1.29, 1.82) is 0 Å². The Labute approximate surface area is 306 Å². The first kappa shape index (κ1) is 30.9. The van der Waals surface area contributed by atoms with Crippen LogP contribution in [0.5, 0.6) is 23.0 Å². The molecule has 0 unspecified atom stereocenters. The van der Waals surface area contributed by atoms with Gasteiger partial charge in [0.15, 0.2) is 11.5 Å². The Morgan fingerprint density at radius 3 is 2.19 bits per heavy atom. The number of benzene rings is 5. The standard InChI is InChI=1S/C46H34N4O3/c1-27-11-9-12-28(2)43(27)50-38-21-22-47-42(45(38)53-44-36-16-6-8-18-40(36)52-46(44)50)31-13-10-14-32(24-31)51-33-19-20-35-34-15-5-7-17-37(34)49(39(35)25-33)41-23-29(3)30(4)26-48-41/h5-26H,1-4H3. The number of furan rings is 1. The van der Waals surface area contributed by atoms with E-state index < -0.39 is 0 Å². The zero-order valence-corrected chi connectivity index (χ0v) is 29.7. The maximum absolute atomic E-state index is 6.81. The van der Waals surface area contributed by atoms with E-state index in [1.807, 2.05) is 73.1 Å². The molecule has 1 aliphatic rings. The number of para-hydroxylation sites is 3. The molecule has 1 aliphatic heterocycles. The van der Waals surface area contributed by atoms with Crippen molar-refractivity contribution in [3.8, 4) is 40.1 Å². The summed E-state index contributed by atoms with van der Waals surface area (Å²) in [6, 6.07) is 41.1. The molecular weight excluding hydrogens is 657 g/mol. The first-order valence-corrected chi connectivity index (χ1v) is 17.7. The second kappa shape index (κ2) is 11.9. The Balaban J connectivity index is 1.08. The summed E-state index contributed by atoms with van der Waals surface area (Å²) in [7, 11) is 0. The largest absolute Gasteiger partial charge is 0.457 e. The molecule has 0 bridgehead atoms. The van der Waals surface area contributed by atoms with E-state index in [0.29, 0.717) is 28.8 Å². The van der Waals surface area contributed by atoms with Crippen molar-refractivity contribution in [3.05, 3.63) is 156 Å². The second-order valence-corrected chi connectivity index (χ2v) is 13.7. The average Bonchev–Trinajstić information content (AvgIpc) is 3.71. The molecule has 0 amide bonds. The summed E-state index contributed by atoms with van der Waals surface area (Å²) >= 11 is 0. The van der Waals surface area contributed by atoms with Crippen LogP contribution >= 0.6 is 0 Å². The van der Waals surface area contributed by atoms with E-state index in [4.69, 9.17) is 23.9 Å². The molecule has 0 fully saturated rings. The van der Waals surface area contributed by atoms with Crippen molar-refractivity contribution in [2.45, 2.75) is 27.7 Å². The monoisotopic (exact) mass is 690 g/mol. The SMILES string of the molecule is Cc1cnc(-n2c3ccccc3c3ccc(Oc4cccc(-c5nccc6c5Oc5c(oc7ccccc57)N6c5c(C)cccc5C)c4)cc32)cc1C. The van der Waals surface area contributed by atoms with E-state index in [9.17, 15) is 0 Å². The number of aryl methyl sites for hydroxylation is 4. The molecular formula is C46H34N4O3. The summed E-state index contributed by atoms with van der Waals surface area (Å²) in [6.45, 7) is 8.45. The molecule has 5 aromatic carbocycles. The van der Waals surface area contributed by atoms with Crippen LogP contribution in [-0.2, 0) is 0 Å². The highest BCUT2D eigenvalue weighted by Gasteiger charge is 2.35. The van der Waals surface area contributed by atoms with E-state index in [2.05, 4.69) is 97.8 Å². The van der Waals surface area contributed by atoms with Crippen molar-refractivity contribution in [3.63, 3.8) is 0 Å². The van der Waals surface area contributed by atoms with Crippen LogP contribution in [0.2, 0.25) is 0 Å². The van der Waals surface area contributed by atoms with Crippen LogP contribution in [0.25, 0.3) is 49.9 Å². The van der Waals surface area contributed by atoms with Crippen LogP contribution in [0.1, 0.15) is 22.3 Å². The Hall–Kier alpha value is -6.86.